The first kappa shape index (κ1) is 32.8. The molecule has 1 N–H and O–H groups in total. The number of aliphatic hydroxyl groups excluding tert-OH is 1. The van der Waals surface area contributed by atoms with Crippen molar-refractivity contribution in [3.8, 4) is 0 Å². The normalized spacial score (nSPS) is 23.9. The number of rotatable bonds is 8. The Morgan fingerprint density at radius 2 is 1.93 bits per heavy atom. The molecular formula is C30H41N5O7P2. The van der Waals surface area contributed by atoms with Crippen LogP contribution in [0.25, 0.3) is 11.0 Å². The van der Waals surface area contributed by atoms with E-state index in [0.29, 0.717) is 37.1 Å². The quantitative estimate of drug-likeness (QED) is 0.290. The summed E-state index contributed by atoms with van der Waals surface area (Å²) in [5.74, 6) is -0.580. The summed E-state index contributed by atoms with van der Waals surface area (Å²) in [4.78, 5) is 23.9. The molecule has 5 atom stereocenters. The molecule has 4 heterocycles. The van der Waals surface area contributed by atoms with Crippen molar-refractivity contribution in [1.29, 1.82) is 0 Å². The molecule has 12 nitrogen and oxygen atoms in total. The number of nitrogens with zero attached hydrogens (tertiary/aromatic N) is 5. The summed E-state index contributed by atoms with van der Waals surface area (Å²) in [6, 6.07) is 9.27. The third kappa shape index (κ3) is 6.97. The van der Waals surface area contributed by atoms with E-state index in [9.17, 15) is 9.90 Å². The van der Waals surface area contributed by atoms with Crippen molar-refractivity contribution < 1.29 is 33.6 Å². The van der Waals surface area contributed by atoms with Crippen LogP contribution in [0.3, 0.4) is 0 Å². The van der Waals surface area contributed by atoms with E-state index in [1.54, 1.807) is 38.8 Å². The van der Waals surface area contributed by atoms with Gasteiger partial charge in [-0.1, -0.05) is 39.3 Å². The molecule has 1 aromatic carbocycles. The zero-order chi connectivity index (χ0) is 31.9. The highest BCUT2D eigenvalue weighted by Crippen LogP contribution is 2.44. The van der Waals surface area contributed by atoms with E-state index in [4.69, 9.17) is 23.7 Å². The van der Waals surface area contributed by atoms with Crippen LogP contribution in [-0.4, -0.2) is 72.6 Å². The van der Waals surface area contributed by atoms with E-state index in [1.807, 2.05) is 55.7 Å². The SMILES string of the molecule is CC(C)(C)OC(=O)N1[C@@H]([C@H]2OC(C)(C)OC2C(O)c2cn(COCc3ccccc3)c3c(N=PP)ncnc23)COC1(C)C. The van der Waals surface area contributed by atoms with Gasteiger partial charge in [-0.05, 0) is 54.0 Å². The van der Waals surface area contributed by atoms with Crippen LogP contribution in [0.5, 0.6) is 0 Å². The van der Waals surface area contributed by atoms with Gasteiger partial charge in [-0.2, -0.15) is 0 Å². The minimum absolute atomic E-state index is 0.174. The Balaban J connectivity index is 1.49. The van der Waals surface area contributed by atoms with Gasteiger partial charge < -0.3 is 33.4 Å². The number of carbonyl (C=O) groups excluding carboxylic acids is 1. The second kappa shape index (κ2) is 12.7. The lowest BCUT2D eigenvalue weighted by Gasteiger charge is -2.37. The van der Waals surface area contributed by atoms with Crippen molar-refractivity contribution in [2.45, 2.75) is 103 Å². The number of hydrogen-bond donors (Lipinski definition) is 1. The van der Waals surface area contributed by atoms with Crippen LogP contribution in [0.15, 0.2) is 47.6 Å². The van der Waals surface area contributed by atoms with E-state index < -0.39 is 47.6 Å². The Bertz CT molecular complexity index is 1510. The fraction of sp³-hybridized carbons (Fsp3) is 0.567. The van der Waals surface area contributed by atoms with E-state index in [0.717, 1.165) is 5.56 Å². The molecule has 14 heteroatoms. The number of benzene rings is 1. The Kier molecular flexibility index (Phi) is 9.46. The van der Waals surface area contributed by atoms with Crippen molar-refractivity contribution in [3.63, 3.8) is 0 Å². The van der Waals surface area contributed by atoms with Crippen LogP contribution in [-0.2, 0) is 37.0 Å². The minimum atomic E-state index is -1.19. The monoisotopic (exact) mass is 645 g/mol. The van der Waals surface area contributed by atoms with Gasteiger partial charge >= 0.3 is 6.09 Å². The zero-order valence-corrected chi connectivity index (χ0v) is 28.2. The molecule has 0 saturated carbocycles. The van der Waals surface area contributed by atoms with Crippen molar-refractivity contribution in [1.82, 2.24) is 19.4 Å². The second-order valence-corrected chi connectivity index (χ2v) is 13.9. The molecular weight excluding hydrogens is 604 g/mol. The summed E-state index contributed by atoms with van der Waals surface area (Å²) in [5, 5.41) is 12.0. The Morgan fingerprint density at radius 3 is 2.61 bits per heavy atom. The molecule has 0 spiro atoms. The summed E-state index contributed by atoms with van der Waals surface area (Å²) in [6.45, 7) is 13.4. The number of amides is 1. The first-order valence-electron chi connectivity index (χ1n) is 14.5. The standard InChI is InChI=1S/C30H41N5O7P2/c1-28(2,3)42-27(37)35-20(15-39-29(35,4)5)24-25(41-30(6,7)40-24)23(36)19-13-34(17-38-14-18-11-9-8-10-12-18)22-21(19)31-16-32-26(22)33-44-43/h8-13,16,20,23-25,36H,14-15,17,43H2,1-7H3/t20-,23?,24-,25?/m1/s1. The smallest absolute Gasteiger partial charge is 0.412 e. The number of fused-ring (bicyclic) bond motifs is 1. The fourth-order valence-electron chi connectivity index (χ4n) is 5.70. The fourth-order valence-corrected chi connectivity index (χ4v) is 6.28. The number of aromatic nitrogens is 3. The maximum absolute atomic E-state index is 13.4. The molecule has 238 valence electrons. The first-order valence-corrected chi connectivity index (χ1v) is 16.9. The molecule has 0 bridgehead atoms. The van der Waals surface area contributed by atoms with Crippen LogP contribution in [0.1, 0.15) is 65.7 Å². The molecule has 3 aromatic rings. The van der Waals surface area contributed by atoms with Gasteiger partial charge in [0.25, 0.3) is 0 Å². The molecule has 44 heavy (non-hydrogen) atoms. The van der Waals surface area contributed by atoms with Gasteiger partial charge in [0, 0.05) is 19.8 Å². The highest BCUT2D eigenvalue weighted by Gasteiger charge is 2.57. The highest BCUT2D eigenvalue weighted by molar-refractivity contribution is 7.97. The number of ether oxygens (including phenoxy) is 5. The third-order valence-corrected chi connectivity index (χ3v) is 8.09. The van der Waals surface area contributed by atoms with Gasteiger partial charge in [-0.3, -0.25) is 4.90 Å². The van der Waals surface area contributed by atoms with Gasteiger partial charge in [0.05, 0.1) is 24.8 Å². The average molecular weight is 646 g/mol. The molecule has 5 rings (SSSR count). The summed E-state index contributed by atoms with van der Waals surface area (Å²) in [7, 11) is 3.23. The minimum Gasteiger partial charge on any atom is -0.444 e. The maximum atomic E-state index is 13.4. The summed E-state index contributed by atoms with van der Waals surface area (Å²) >= 11 is 0. The number of carbonyl (C=O) groups is 1. The van der Waals surface area contributed by atoms with E-state index in [2.05, 4.69) is 23.6 Å². The summed E-state index contributed by atoms with van der Waals surface area (Å²) < 4.78 is 36.9. The average Bonchev–Trinajstić information content (AvgIpc) is 3.58. The molecule has 3 unspecified atom stereocenters. The topological polar surface area (TPSA) is 130 Å². The predicted octanol–water partition coefficient (Wildman–Crippen LogP) is 6.08. The maximum Gasteiger partial charge on any atom is 0.412 e. The molecule has 0 radical (unpaired) electrons. The summed E-state index contributed by atoms with van der Waals surface area (Å²) in [6.07, 6.45) is -0.141. The van der Waals surface area contributed by atoms with Crippen LogP contribution in [0, 0.1) is 0 Å². The van der Waals surface area contributed by atoms with Gasteiger partial charge in [-0.25, -0.2) is 19.5 Å². The second-order valence-electron chi connectivity index (χ2n) is 12.8. The van der Waals surface area contributed by atoms with E-state index in [-0.39, 0.29) is 13.3 Å². The van der Waals surface area contributed by atoms with Crippen molar-refractivity contribution in [3.05, 3.63) is 54.0 Å². The zero-order valence-electron chi connectivity index (χ0n) is 26.1. The lowest BCUT2D eigenvalue weighted by atomic mass is 9.96. The number of hydrogen-bond acceptors (Lipinski definition) is 10. The van der Waals surface area contributed by atoms with Crippen molar-refractivity contribution in [2.75, 3.05) is 6.61 Å². The van der Waals surface area contributed by atoms with Crippen LogP contribution in [0.4, 0.5) is 10.6 Å². The van der Waals surface area contributed by atoms with Gasteiger partial charge in [0.15, 0.2) is 11.6 Å². The lowest BCUT2D eigenvalue weighted by molar-refractivity contribution is -0.158. The predicted molar refractivity (Wildman–Crippen MR) is 168 cm³/mol. The third-order valence-electron chi connectivity index (χ3n) is 7.43. The summed E-state index contributed by atoms with van der Waals surface area (Å²) in [5.41, 5.74) is 0.996. The Labute approximate surface area is 261 Å². The van der Waals surface area contributed by atoms with Gasteiger partial charge in [-0.15, -0.1) is 0 Å². The van der Waals surface area contributed by atoms with E-state index >= 15 is 0 Å². The molecule has 2 aromatic heterocycles. The van der Waals surface area contributed by atoms with E-state index in [1.165, 1.54) is 6.33 Å². The van der Waals surface area contributed by atoms with Crippen LogP contribution < -0.4 is 0 Å². The molecule has 2 fully saturated rings. The van der Waals surface area contributed by atoms with Crippen LogP contribution in [0.2, 0.25) is 0 Å². The molecule has 0 aliphatic carbocycles. The Hall–Kier alpha value is -2.56. The van der Waals surface area contributed by atoms with Crippen molar-refractivity contribution in [2.24, 2.45) is 4.74 Å². The molecule has 2 aliphatic heterocycles. The van der Waals surface area contributed by atoms with Gasteiger partial charge in [0.2, 0.25) is 0 Å². The number of aliphatic hydroxyl groups is 1. The lowest BCUT2D eigenvalue weighted by Crippen LogP contribution is -2.55. The largest absolute Gasteiger partial charge is 0.444 e. The molecule has 2 saturated heterocycles. The first-order chi connectivity index (χ1) is 20.7. The molecule has 1 amide bonds. The van der Waals surface area contributed by atoms with Crippen molar-refractivity contribution >= 4 is 39.9 Å². The van der Waals surface area contributed by atoms with Gasteiger partial charge in [0.1, 0.15) is 48.2 Å². The molecule has 2 aliphatic rings. The highest BCUT2D eigenvalue weighted by atomic mass is 32.0. The van der Waals surface area contributed by atoms with Crippen LogP contribution >= 0.6 is 17.0 Å². The Morgan fingerprint density at radius 1 is 1.20 bits per heavy atom.